The van der Waals surface area contributed by atoms with Crippen LogP contribution in [-0.4, -0.2) is 24.5 Å². The molecular formula is C9H14O4. The summed E-state index contributed by atoms with van der Waals surface area (Å²) in [7, 11) is 1.64. The van der Waals surface area contributed by atoms with E-state index in [0.717, 1.165) is 31.8 Å². The summed E-state index contributed by atoms with van der Waals surface area (Å²) in [6.45, 7) is 1.08. The van der Waals surface area contributed by atoms with Crippen LogP contribution in [0.5, 0.6) is 0 Å². The van der Waals surface area contributed by atoms with Crippen LogP contribution >= 0.6 is 0 Å². The molecule has 1 aliphatic carbocycles. The summed E-state index contributed by atoms with van der Waals surface area (Å²) < 4.78 is 4.95. The minimum absolute atomic E-state index is 0.111. The minimum Gasteiger partial charge on any atom is -0.501 e. The molecule has 1 atom stereocenters. The molecule has 0 aromatic heterocycles. The molecule has 0 aromatic rings. The second kappa shape index (κ2) is 6.22. The Morgan fingerprint density at radius 3 is 2.54 bits per heavy atom. The molecule has 0 saturated carbocycles. The van der Waals surface area contributed by atoms with Gasteiger partial charge in [-0.2, -0.15) is 0 Å². The number of aliphatic carboxylic acids is 1. The van der Waals surface area contributed by atoms with Crippen molar-refractivity contribution in [2.24, 2.45) is 5.92 Å². The van der Waals surface area contributed by atoms with Gasteiger partial charge < -0.3 is 14.6 Å². The van der Waals surface area contributed by atoms with Crippen LogP contribution in [0.15, 0.2) is 11.8 Å². The Hall–Kier alpha value is -1.32. The fourth-order valence-corrected chi connectivity index (χ4v) is 0.992. The molecule has 0 saturated heterocycles. The van der Waals surface area contributed by atoms with Crippen LogP contribution in [-0.2, 0) is 14.3 Å². The highest BCUT2D eigenvalue weighted by molar-refractivity contribution is 5.62. The van der Waals surface area contributed by atoms with Crippen molar-refractivity contribution in [3.05, 3.63) is 11.8 Å². The van der Waals surface area contributed by atoms with Crippen molar-refractivity contribution in [3.63, 3.8) is 0 Å². The van der Waals surface area contributed by atoms with Crippen molar-refractivity contribution in [2.45, 2.75) is 19.8 Å². The summed E-state index contributed by atoms with van der Waals surface area (Å²) in [5.74, 6) is 0.229. The first-order valence-electron chi connectivity index (χ1n) is 3.99. The summed E-state index contributed by atoms with van der Waals surface area (Å²) in [6.07, 6.45) is 4.69. The monoisotopic (exact) mass is 186 g/mol. The molecular weight excluding hydrogens is 172 g/mol. The highest BCUT2D eigenvalue weighted by Crippen LogP contribution is 2.22. The number of carbonyl (C=O) groups is 2. The molecule has 0 spiro atoms. The average Bonchev–Trinajstić information content (AvgIpc) is 2.50. The topological polar surface area (TPSA) is 63.6 Å². The van der Waals surface area contributed by atoms with Crippen LogP contribution in [0.3, 0.4) is 0 Å². The number of aldehydes is 1. The molecule has 13 heavy (non-hydrogen) atoms. The minimum atomic E-state index is -0.833. The molecule has 0 heterocycles. The van der Waals surface area contributed by atoms with Gasteiger partial charge in [-0.3, -0.25) is 4.79 Å². The lowest BCUT2D eigenvalue weighted by atomic mass is 10.2. The number of ether oxygens (including phenoxy) is 1. The van der Waals surface area contributed by atoms with E-state index < -0.39 is 5.97 Å². The molecule has 4 heteroatoms. The van der Waals surface area contributed by atoms with Gasteiger partial charge in [-0.05, 0) is 12.5 Å². The Balaban J connectivity index is 0.000000310. The zero-order valence-corrected chi connectivity index (χ0v) is 7.82. The van der Waals surface area contributed by atoms with Gasteiger partial charge in [0, 0.05) is 19.3 Å². The van der Waals surface area contributed by atoms with E-state index in [0.29, 0.717) is 0 Å². The van der Waals surface area contributed by atoms with E-state index in [4.69, 9.17) is 14.6 Å². The fraction of sp³-hybridized carbons (Fsp3) is 0.556. The van der Waals surface area contributed by atoms with Crippen LogP contribution in [0, 0.1) is 5.92 Å². The van der Waals surface area contributed by atoms with Crippen molar-refractivity contribution in [1.82, 2.24) is 0 Å². The molecule has 0 radical (unpaired) electrons. The molecule has 0 aliphatic heterocycles. The van der Waals surface area contributed by atoms with Crippen LogP contribution in [0.25, 0.3) is 0 Å². The number of carboxylic acids is 1. The first-order chi connectivity index (χ1) is 6.10. The van der Waals surface area contributed by atoms with Gasteiger partial charge in [0.15, 0.2) is 0 Å². The van der Waals surface area contributed by atoms with E-state index >= 15 is 0 Å². The third-order valence-corrected chi connectivity index (χ3v) is 1.56. The van der Waals surface area contributed by atoms with Crippen molar-refractivity contribution in [2.75, 3.05) is 7.11 Å². The van der Waals surface area contributed by atoms with Crippen molar-refractivity contribution in [1.29, 1.82) is 0 Å². The Kier molecular flexibility index (Phi) is 5.59. The van der Waals surface area contributed by atoms with Crippen LogP contribution in [0.1, 0.15) is 19.8 Å². The Morgan fingerprint density at radius 2 is 2.31 bits per heavy atom. The predicted octanol–water partition coefficient (Wildman–Crippen LogP) is 1.22. The number of carbonyl (C=O) groups excluding carboxylic acids is 1. The Morgan fingerprint density at radius 1 is 1.77 bits per heavy atom. The SMILES string of the molecule is CC(=O)O.COC1=CC(C=O)CC1. The molecule has 1 unspecified atom stereocenters. The molecule has 1 N–H and O–H groups in total. The van der Waals surface area contributed by atoms with Gasteiger partial charge in [0.1, 0.15) is 6.29 Å². The van der Waals surface area contributed by atoms with E-state index in [2.05, 4.69) is 0 Å². The zero-order valence-electron chi connectivity index (χ0n) is 7.82. The molecule has 4 nitrogen and oxygen atoms in total. The summed E-state index contributed by atoms with van der Waals surface area (Å²) in [4.78, 5) is 19.2. The second-order valence-corrected chi connectivity index (χ2v) is 2.69. The van der Waals surface area contributed by atoms with Gasteiger partial charge in [0.05, 0.1) is 12.9 Å². The number of carboxylic acid groups (broad SMARTS) is 1. The zero-order chi connectivity index (χ0) is 10.3. The highest BCUT2D eigenvalue weighted by Gasteiger charge is 2.14. The van der Waals surface area contributed by atoms with Crippen molar-refractivity contribution in [3.8, 4) is 0 Å². The number of hydrogen-bond acceptors (Lipinski definition) is 3. The first-order valence-corrected chi connectivity index (χ1v) is 3.99. The third-order valence-electron chi connectivity index (χ3n) is 1.56. The number of hydrogen-bond donors (Lipinski definition) is 1. The maximum Gasteiger partial charge on any atom is 0.300 e. The first kappa shape index (κ1) is 11.7. The third kappa shape index (κ3) is 5.90. The predicted molar refractivity (Wildman–Crippen MR) is 47.2 cm³/mol. The summed E-state index contributed by atoms with van der Waals surface area (Å²) in [5.41, 5.74) is 0. The molecule has 0 bridgehead atoms. The average molecular weight is 186 g/mol. The van der Waals surface area contributed by atoms with E-state index in [1.165, 1.54) is 0 Å². The summed E-state index contributed by atoms with van der Waals surface area (Å²) >= 11 is 0. The fourth-order valence-electron chi connectivity index (χ4n) is 0.992. The Labute approximate surface area is 77.2 Å². The van der Waals surface area contributed by atoms with E-state index in [1.807, 2.05) is 6.08 Å². The number of rotatable bonds is 2. The Bertz CT molecular complexity index is 204. The van der Waals surface area contributed by atoms with E-state index in [9.17, 15) is 4.79 Å². The van der Waals surface area contributed by atoms with Gasteiger partial charge in [-0.15, -0.1) is 0 Å². The molecule has 1 rings (SSSR count). The maximum atomic E-state index is 10.2. The summed E-state index contributed by atoms with van der Waals surface area (Å²) in [6, 6.07) is 0. The largest absolute Gasteiger partial charge is 0.501 e. The molecule has 1 aliphatic rings. The van der Waals surface area contributed by atoms with Crippen LogP contribution < -0.4 is 0 Å². The van der Waals surface area contributed by atoms with Gasteiger partial charge in [-0.1, -0.05) is 0 Å². The molecule has 0 aromatic carbocycles. The second-order valence-electron chi connectivity index (χ2n) is 2.69. The standard InChI is InChI=1S/C7H10O2.C2H4O2/c1-9-7-3-2-6(4-7)5-8;1-2(3)4/h4-6H,2-3H2,1H3;1H3,(H,3,4). The van der Waals surface area contributed by atoms with E-state index in [1.54, 1.807) is 7.11 Å². The van der Waals surface area contributed by atoms with Gasteiger partial charge >= 0.3 is 0 Å². The van der Waals surface area contributed by atoms with Crippen molar-refractivity contribution < 1.29 is 19.4 Å². The number of allylic oxidation sites excluding steroid dienone is 2. The maximum absolute atomic E-state index is 10.2. The number of methoxy groups -OCH3 is 1. The summed E-state index contributed by atoms with van der Waals surface area (Å²) in [5, 5.41) is 7.42. The quantitative estimate of drug-likeness (QED) is 0.658. The molecule has 74 valence electrons. The highest BCUT2D eigenvalue weighted by atomic mass is 16.5. The normalized spacial score (nSPS) is 19.5. The lowest BCUT2D eigenvalue weighted by molar-refractivity contribution is -0.134. The molecule has 0 fully saturated rings. The van der Waals surface area contributed by atoms with Crippen LogP contribution in [0.4, 0.5) is 0 Å². The van der Waals surface area contributed by atoms with Gasteiger partial charge in [0.2, 0.25) is 0 Å². The van der Waals surface area contributed by atoms with Gasteiger partial charge in [0.25, 0.3) is 5.97 Å². The van der Waals surface area contributed by atoms with Crippen molar-refractivity contribution >= 4 is 12.3 Å². The van der Waals surface area contributed by atoms with E-state index in [-0.39, 0.29) is 5.92 Å². The lowest BCUT2D eigenvalue weighted by Gasteiger charge is -1.94. The lowest BCUT2D eigenvalue weighted by Crippen LogP contribution is -1.89. The van der Waals surface area contributed by atoms with Gasteiger partial charge in [-0.25, -0.2) is 0 Å². The molecule has 0 amide bonds. The smallest absolute Gasteiger partial charge is 0.300 e. The van der Waals surface area contributed by atoms with Crippen LogP contribution in [0.2, 0.25) is 0 Å².